The lowest BCUT2D eigenvalue weighted by molar-refractivity contribution is -0.121. The van der Waals surface area contributed by atoms with Crippen LogP contribution in [0.5, 0.6) is 0 Å². The summed E-state index contributed by atoms with van der Waals surface area (Å²) in [6.45, 7) is 10.6. The van der Waals surface area contributed by atoms with Crippen LogP contribution in [0, 0.1) is 5.41 Å². The fourth-order valence-electron chi connectivity index (χ4n) is 2.24. The molecule has 1 fully saturated rings. The first-order valence-corrected chi connectivity index (χ1v) is 8.13. The zero-order valence-corrected chi connectivity index (χ0v) is 14.7. The molecule has 6 nitrogen and oxygen atoms in total. The number of nitrogens with zero attached hydrogens (tertiary/aromatic N) is 1. The Morgan fingerprint density at radius 2 is 1.95 bits per heavy atom. The van der Waals surface area contributed by atoms with Crippen LogP contribution in [-0.4, -0.2) is 50.8 Å². The topological polar surface area (TPSA) is 74.8 Å². The van der Waals surface area contributed by atoms with Crippen LogP contribution < -0.4 is 16.0 Å². The number of guanidine groups is 1. The van der Waals surface area contributed by atoms with Crippen molar-refractivity contribution >= 4 is 11.9 Å². The van der Waals surface area contributed by atoms with Gasteiger partial charge >= 0.3 is 0 Å². The van der Waals surface area contributed by atoms with E-state index in [1.54, 1.807) is 7.05 Å². The molecule has 1 aliphatic rings. The summed E-state index contributed by atoms with van der Waals surface area (Å²) in [7, 11) is 1.72. The second kappa shape index (κ2) is 8.36. The Morgan fingerprint density at radius 3 is 2.45 bits per heavy atom. The second-order valence-corrected chi connectivity index (χ2v) is 7.02. The summed E-state index contributed by atoms with van der Waals surface area (Å²) in [6, 6.07) is 0. The number of nitrogens with one attached hydrogen (secondary N) is 3. The molecule has 0 aliphatic heterocycles. The van der Waals surface area contributed by atoms with Crippen LogP contribution in [0.4, 0.5) is 0 Å². The Kier molecular flexibility index (Phi) is 7.13. The smallest absolute Gasteiger partial charge is 0.239 e. The Hall–Kier alpha value is -1.30. The van der Waals surface area contributed by atoms with E-state index in [9.17, 15) is 4.79 Å². The van der Waals surface area contributed by atoms with Crippen molar-refractivity contribution in [2.24, 2.45) is 10.4 Å². The number of carbonyl (C=O) groups excluding carboxylic acids is 1. The first-order valence-electron chi connectivity index (χ1n) is 8.13. The highest BCUT2D eigenvalue weighted by Gasteiger charge is 2.41. The van der Waals surface area contributed by atoms with Crippen LogP contribution >= 0.6 is 0 Å². The molecule has 0 aromatic carbocycles. The Morgan fingerprint density at radius 1 is 1.27 bits per heavy atom. The predicted molar refractivity (Wildman–Crippen MR) is 90.0 cm³/mol. The Labute approximate surface area is 134 Å². The third-order valence-electron chi connectivity index (χ3n) is 3.72. The zero-order chi connectivity index (χ0) is 16.6. The molecule has 22 heavy (non-hydrogen) atoms. The van der Waals surface area contributed by atoms with Gasteiger partial charge in [0.25, 0.3) is 0 Å². The number of amides is 1. The van der Waals surface area contributed by atoms with Crippen molar-refractivity contribution in [1.82, 2.24) is 16.0 Å². The van der Waals surface area contributed by atoms with E-state index >= 15 is 0 Å². The fraction of sp³-hybridized carbons (Fsp3) is 0.875. The highest BCUT2D eigenvalue weighted by molar-refractivity contribution is 5.86. The highest BCUT2D eigenvalue weighted by atomic mass is 16.5. The van der Waals surface area contributed by atoms with Gasteiger partial charge in [-0.3, -0.25) is 9.79 Å². The molecule has 0 aromatic rings. The number of ether oxygens (including phenoxy) is 1. The lowest BCUT2D eigenvalue weighted by atomic mass is 10.0. The molecule has 0 aromatic heterocycles. The van der Waals surface area contributed by atoms with Gasteiger partial charge in [0.05, 0.1) is 6.54 Å². The van der Waals surface area contributed by atoms with Gasteiger partial charge < -0.3 is 20.7 Å². The number of rotatable bonds is 8. The van der Waals surface area contributed by atoms with Crippen molar-refractivity contribution in [2.45, 2.75) is 52.5 Å². The second-order valence-electron chi connectivity index (χ2n) is 7.02. The molecule has 0 radical (unpaired) electrons. The van der Waals surface area contributed by atoms with E-state index in [4.69, 9.17) is 4.74 Å². The molecule has 0 atom stereocenters. The molecule has 1 saturated carbocycles. The predicted octanol–water partition coefficient (Wildman–Crippen LogP) is 1.27. The van der Waals surface area contributed by atoms with Gasteiger partial charge in [-0.05, 0) is 52.4 Å². The lowest BCUT2D eigenvalue weighted by Crippen LogP contribution is -2.48. The third kappa shape index (κ3) is 7.64. The summed E-state index contributed by atoms with van der Waals surface area (Å²) < 4.78 is 5.44. The van der Waals surface area contributed by atoms with Gasteiger partial charge in [-0.1, -0.05) is 0 Å². The summed E-state index contributed by atoms with van der Waals surface area (Å²) in [6.07, 6.45) is 3.54. The summed E-state index contributed by atoms with van der Waals surface area (Å²) >= 11 is 0. The van der Waals surface area contributed by atoms with Crippen molar-refractivity contribution in [3.8, 4) is 0 Å². The van der Waals surface area contributed by atoms with Gasteiger partial charge in [-0.2, -0.15) is 0 Å². The first-order chi connectivity index (χ1) is 10.3. The van der Waals surface area contributed by atoms with E-state index in [2.05, 4.69) is 20.9 Å². The van der Waals surface area contributed by atoms with Gasteiger partial charge in [0.2, 0.25) is 5.91 Å². The maximum Gasteiger partial charge on any atom is 0.239 e. The maximum atomic E-state index is 11.8. The largest absolute Gasteiger partial charge is 0.382 e. The van der Waals surface area contributed by atoms with Gasteiger partial charge in [-0.15, -0.1) is 0 Å². The number of hydrogen-bond acceptors (Lipinski definition) is 3. The van der Waals surface area contributed by atoms with Crippen LogP contribution in [0.1, 0.15) is 47.0 Å². The maximum absolute atomic E-state index is 11.8. The molecule has 0 heterocycles. The number of carbonyl (C=O) groups is 1. The Balaban J connectivity index is 2.27. The number of hydrogen-bond donors (Lipinski definition) is 3. The molecule has 6 heteroatoms. The van der Waals surface area contributed by atoms with Crippen LogP contribution in [-0.2, 0) is 9.53 Å². The van der Waals surface area contributed by atoms with Crippen molar-refractivity contribution in [2.75, 3.05) is 33.4 Å². The minimum Gasteiger partial charge on any atom is -0.382 e. The Bertz CT molecular complexity index is 384. The zero-order valence-electron chi connectivity index (χ0n) is 14.7. The fourth-order valence-corrected chi connectivity index (χ4v) is 2.24. The van der Waals surface area contributed by atoms with Gasteiger partial charge in [0, 0.05) is 32.3 Å². The van der Waals surface area contributed by atoms with Gasteiger partial charge in [0.15, 0.2) is 5.96 Å². The van der Waals surface area contributed by atoms with E-state index in [0.29, 0.717) is 11.4 Å². The van der Waals surface area contributed by atoms with Crippen LogP contribution in [0.3, 0.4) is 0 Å². The molecule has 3 N–H and O–H groups in total. The molecule has 0 saturated heterocycles. The van der Waals surface area contributed by atoms with Crippen LogP contribution in [0.25, 0.3) is 0 Å². The molecule has 0 unspecified atom stereocenters. The van der Waals surface area contributed by atoms with Crippen LogP contribution in [0.15, 0.2) is 4.99 Å². The quantitative estimate of drug-likeness (QED) is 0.358. The van der Waals surface area contributed by atoms with Crippen molar-refractivity contribution in [3.05, 3.63) is 0 Å². The highest BCUT2D eigenvalue weighted by Crippen LogP contribution is 2.48. The summed E-state index contributed by atoms with van der Waals surface area (Å²) in [5, 5.41) is 9.29. The van der Waals surface area contributed by atoms with Crippen molar-refractivity contribution in [3.63, 3.8) is 0 Å². The summed E-state index contributed by atoms with van der Waals surface area (Å²) in [4.78, 5) is 16.0. The molecule has 1 amide bonds. The van der Waals surface area contributed by atoms with Crippen molar-refractivity contribution in [1.29, 1.82) is 0 Å². The molecular formula is C16H32N4O2. The van der Waals surface area contributed by atoms with E-state index < -0.39 is 0 Å². The molecule has 1 aliphatic carbocycles. The molecule has 0 spiro atoms. The van der Waals surface area contributed by atoms with E-state index in [-0.39, 0.29) is 18.0 Å². The average molecular weight is 312 g/mol. The summed E-state index contributed by atoms with van der Waals surface area (Å²) in [5.74, 6) is 0.639. The molecular weight excluding hydrogens is 280 g/mol. The minimum atomic E-state index is -0.215. The monoisotopic (exact) mass is 312 g/mol. The average Bonchev–Trinajstić information content (AvgIpc) is 3.18. The van der Waals surface area contributed by atoms with Gasteiger partial charge in [-0.25, -0.2) is 0 Å². The van der Waals surface area contributed by atoms with Crippen molar-refractivity contribution < 1.29 is 9.53 Å². The normalized spacial score (nSPS) is 17.0. The van der Waals surface area contributed by atoms with E-state index in [1.807, 2.05) is 27.7 Å². The van der Waals surface area contributed by atoms with Gasteiger partial charge in [0.1, 0.15) is 0 Å². The standard InChI is InChI=1S/C16H32N4O2/c1-6-22-10-9-16(7-8-16)12-19-14(17-5)18-11-13(21)20-15(2,3)4/h6-12H2,1-5H3,(H,20,21)(H2,17,18,19). The molecule has 1 rings (SSSR count). The summed E-state index contributed by atoms with van der Waals surface area (Å²) in [5.41, 5.74) is 0.132. The molecule has 0 bridgehead atoms. The van der Waals surface area contributed by atoms with E-state index in [1.165, 1.54) is 12.8 Å². The SMILES string of the molecule is CCOCCC1(CNC(=NC)NCC(=O)NC(C)(C)C)CC1. The minimum absolute atomic E-state index is 0.0343. The lowest BCUT2D eigenvalue weighted by Gasteiger charge is -2.22. The van der Waals surface area contributed by atoms with E-state index in [0.717, 1.165) is 26.2 Å². The number of aliphatic imine (C=N–C) groups is 1. The molecule has 128 valence electrons. The van der Waals surface area contributed by atoms with Crippen LogP contribution in [0.2, 0.25) is 0 Å². The third-order valence-corrected chi connectivity index (χ3v) is 3.72. The first kappa shape index (κ1) is 18.7.